The summed E-state index contributed by atoms with van der Waals surface area (Å²) in [7, 11) is 0. The summed E-state index contributed by atoms with van der Waals surface area (Å²) in [6, 6.07) is -0.947. The standard InChI is InChI=1S/C16H25N3O5/c1-9(2)7-13(16(22)23)18-15(21)8-17-14(20)6-5-12-10(3)19-24-11(12)4/h9,13H,5-8H2,1-4H3,(H,17,20)(H,18,21)(H,22,23)/t13-/m0/s1. The lowest BCUT2D eigenvalue weighted by Gasteiger charge is -2.16. The fourth-order valence-corrected chi connectivity index (χ4v) is 2.30. The molecule has 2 amide bonds. The van der Waals surface area contributed by atoms with E-state index in [4.69, 9.17) is 9.63 Å². The first kappa shape index (κ1) is 19.7. The average molecular weight is 339 g/mol. The van der Waals surface area contributed by atoms with Crippen molar-refractivity contribution in [1.82, 2.24) is 15.8 Å². The van der Waals surface area contributed by atoms with E-state index in [9.17, 15) is 14.4 Å². The van der Waals surface area contributed by atoms with Gasteiger partial charge in [-0.05, 0) is 32.6 Å². The van der Waals surface area contributed by atoms with Gasteiger partial charge in [0.1, 0.15) is 11.8 Å². The maximum Gasteiger partial charge on any atom is 0.326 e. The molecule has 1 atom stereocenters. The third-order valence-electron chi connectivity index (χ3n) is 3.57. The van der Waals surface area contributed by atoms with Crippen LogP contribution in [-0.2, 0) is 20.8 Å². The van der Waals surface area contributed by atoms with Gasteiger partial charge in [0.15, 0.2) is 0 Å². The maximum absolute atomic E-state index is 11.8. The molecule has 8 heteroatoms. The Bertz CT molecular complexity index is 575. The van der Waals surface area contributed by atoms with Crippen LogP contribution in [0, 0.1) is 19.8 Å². The molecule has 1 aromatic heterocycles. The molecule has 0 radical (unpaired) electrons. The van der Waals surface area contributed by atoms with Gasteiger partial charge in [0.05, 0.1) is 12.2 Å². The molecule has 1 aromatic rings. The predicted octanol–water partition coefficient (Wildman–Crippen LogP) is 0.956. The molecule has 0 aliphatic heterocycles. The highest BCUT2D eigenvalue weighted by Gasteiger charge is 2.21. The van der Waals surface area contributed by atoms with E-state index in [2.05, 4.69) is 15.8 Å². The van der Waals surface area contributed by atoms with Gasteiger partial charge in [-0.2, -0.15) is 0 Å². The van der Waals surface area contributed by atoms with Gasteiger partial charge < -0.3 is 20.3 Å². The van der Waals surface area contributed by atoms with Crippen molar-refractivity contribution in [2.75, 3.05) is 6.54 Å². The second-order valence-corrected chi connectivity index (χ2v) is 6.17. The lowest BCUT2D eigenvalue weighted by atomic mass is 10.0. The summed E-state index contributed by atoms with van der Waals surface area (Å²) in [5.74, 6) is -1.08. The number of aryl methyl sites for hydroxylation is 2. The first-order valence-corrected chi connectivity index (χ1v) is 7.91. The van der Waals surface area contributed by atoms with Crippen LogP contribution in [0.4, 0.5) is 0 Å². The van der Waals surface area contributed by atoms with Crippen LogP contribution in [0.5, 0.6) is 0 Å². The zero-order valence-corrected chi connectivity index (χ0v) is 14.5. The maximum atomic E-state index is 11.8. The fourth-order valence-electron chi connectivity index (χ4n) is 2.30. The van der Waals surface area contributed by atoms with Crippen molar-refractivity contribution in [3.05, 3.63) is 17.0 Å². The van der Waals surface area contributed by atoms with E-state index >= 15 is 0 Å². The number of aliphatic carboxylic acids is 1. The molecule has 0 aliphatic carbocycles. The molecule has 3 N–H and O–H groups in total. The Morgan fingerprint density at radius 1 is 1.21 bits per heavy atom. The average Bonchev–Trinajstić information content (AvgIpc) is 2.80. The zero-order valence-electron chi connectivity index (χ0n) is 14.5. The van der Waals surface area contributed by atoms with E-state index in [-0.39, 0.29) is 24.8 Å². The minimum absolute atomic E-state index is 0.135. The molecule has 0 unspecified atom stereocenters. The van der Waals surface area contributed by atoms with Gasteiger partial charge in [0, 0.05) is 12.0 Å². The number of carbonyl (C=O) groups excluding carboxylic acids is 2. The lowest BCUT2D eigenvalue weighted by Crippen LogP contribution is -2.46. The second kappa shape index (κ2) is 9.05. The minimum atomic E-state index is -1.08. The number of hydrogen-bond acceptors (Lipinski definition) is 5. The molecule has 0 spiro atoms. The Balaban J connectivity index is 2.38. The van der Waals surface area contributed by atoms with E-state index in [1.807, 2.05) is 13.8 Å². The van der Waals surface area contributed by atoms with Crippen molar-refractivity contribution in [2.24, 2.45) is 5.92 Å². The molecule has 1 heterocycles. The third kappa shape index (κ3) is 6.39. The number of aromatic nitrogens is 1. The van der Waals surface area contributed by atoms with Crippen LogP contribution in [0.1, 0.15) is 43.7 Å². The SMILES string of the molecule is Cc1noc(C)c1CCC(=O)NCC(=O)N[C@@H](CC(C)C)C(=O)O. The normalized spacial score (nSPS) is 12.0. The summed E-state index contributed by atoms with van der Waals surface area (Å²) >= 11 is 0. The van der Waals surface area contributed by atoms with Gasteiger partial charge in [0.25, 0.3) is 0 Å². The second-order valence-electron chi connectivity index (χ2n) is 6.17. The van der Waals surface area contributed by atoms with Crippen molar-refractivity contribution in [3.8, 4) is 0 Å². The molecule has 0 saturated heterocycles. The van der Waals surface area contributed by atoms with E-state index < -0.39 is 17.9 Å². The number of carboxylic acid groups (broad SMARTS) is 1. The van der Waals surface area contributed by atoms with Crippen LogP contribution in [0.15, 0.2) is 4.52 Å². The van der Waals surface area contributed by atoms with Crippen LogP contribution in [-0.4, -0.2) is 40.6 Å². The summed E-state index contributed by atoms with van der Waals surface area (Å²) in [6.07, 6.45) is 1.01. The van der Waals surface area contributed by atoms with Crippen molar-refractivity contribution in [1.29, 1.82) is 0 Å². The number of amides is 2. The van der Waals surface area contributed by atoms with Crippen LogP contribution < -0.4 is 10.6 Å². The topological polar surface area (TPSA) is 122 Å². The van der Waals surface area contributed by atoms with E-state index in [0.29, 0.717) is 18.6 Å². The quantitative estimate of drug-likeness (QED) is 0.616. The van der Waals surface area contributed by atoms with Gasteiger partial charge >= 0.3 is 5.97 Å². The molecule has 24 heavy (non-hydrogen) atoms. The number of carboxylic acids is 1. The Morgan fingerprint density at radius 2 is 1.88 bits per heavy atom. The van der Waals surface area contributed by atoms with E-state index in [1.54, 1.807) is 13.8 Å². The third-order valence-corrected chi connectivity index (χ3v) is 3.57. The summed E-state index contributed by atoms with van der Waals surface area (Å²) in [6.45, 7) is 7.08. The van der Waals surface area contributed by atoms with Gasteiger partial charge in [-0.25, -0.2) is 4.79 Å². The number of carbonyl (C=O) groups is 3. The van der Waals surface area contributed by atoms with Crippen molar-refractivity contribution < 1.29 is 24.0 Å². The van der Waals surface area contributed by atoms with Gasteiger partial charge in [0.2, 0.25) is 11.8 Å². The highest BCUT2D eigenvalue weighted by Crippen LogP contribution is 2.14. The van der Waals surface area contributed by atoms with Crippen LogP contribution in [0.3, 0.4) is 0 Å². The highest BCUT2D eigenvalue weighted by molar-refractivity contribution is 5.87. The Hall–Kier alpha value is -2.38. The Kier molecular flexibility index (Phi) is 7.41. The Morgan fingerprint density at radius 3 is 2.38 bits per heavy atom. The molecule has 0 saturated carbocycles. The molecular formula is C16H25N3O5. The molecule has 0 fully saturated rings. The highest BCUT2D eigenvalue weighted by atomic mass is 16.5. The minimum Gasteiger partial charge on any atom is -0.480 e. The van der Waals surface area contributed by atoms with Crippen LogP contribution in [0.25, 0.3) is 0 Å². The number of rotatable bonds is 9. The number of nitrogens with zero attached hydrogens (tertiary/aromatic N) is 1. The van der Waals surface area contributed by atoms with Crippen molar-refractivity contribution in [2.45, 2.75) is 53.0 Å². The fraction of sp³-hybridized carbons (Fsp3) is 0.625. The van der Waals surface area contributed by atoms with Crippen molar-refractivity contribution >= 4 is 17.8 Å². The molecular weight excluding hydrogens is 314 g/mol. The predicted molar refractivity (Wildman–Crippen MR) is 86.3 cm³/mol. The van der Waals surface area contributed by atoms with E-state index in [0.717, 1.165) is 11.3 Å². The summed E-state index contributed by atoms with van der Waals surface area (Å²) in [5, 5.41) is 17.8. The first-order valence-electron chi connectivity index (χ1n) is 7.91. The smallest absolute Gasteiger partial charge is 0.326 e. The number of hydrogen-bond donors (Lipinski definition) is 3. The number of nitrogens with one attached hydrogen (secondary N) is 2. The van der Waals surface area contributed by atoms with E-state index in [1.165, 1.54) is 0 Å². The van der Waals surface area contributed by atoms with Gasteiger partial charge in [-0.1, -0.05) is 19.0 Å². The molecule has 8 nitrogen and oxygen atoms in total. The van der Waals surface area contributed by atoms with Gasteiger partial charge in [-0.3, -0.25) is 9.59 Å². The Labute approximate surface area is 141 Å². The van der Waals surface area contributed by atoms with Crippen LogP contribution >= 0.6 is 0 Å². The first-order chi connectivity index (χ1) is 11.2. The molecule has 1 rings (SSSR count). The lowest BCUT2D eigenvalue weighted by molar-refractivity contribution is -0.142. The molecule has 0 bridgehead atoms. The molecule has 0 aliphatic rings. The summed E-state index contributed by atoms with van der Waals surface area (Å²) in [4.78, 5) is 34.7. The summed E-state index contributed by atoms with van der Waals surface area (Å²) < 4.78 is 5.02. The largest absolute Gasteiger partial charge is 0.480 e. The van der Waals surface area contributed by atoms with Crippen molar-refractivity contribution in [3.63, 3.8) is 0 Å². The monoisotopic (exact) mass is 339 g/mol. The zero-order chi connectivity index (χ0) is 18.3. The summed E-state index contributed by atoms with van der Waals surface area (Å²) in [5.41, 5.74) is 1.63. The molecule has 134 valence electrons. The molecule has 0 aromatic carbocycles. The van der Waals surface area contributed by atoms with Crippen LogP contribution in [0.2, 0.25) is 0 Å². The van der Waals surface area contributed by atoms with Gasteiger partial charge in [-0.15, -0.1) is 0 Å².